The summed E-state index contributed by atoms with van der Waals surface area (Å²) in [6.07, 6.45) is 0.872. The van der Waals surface area contributed by atoms with E-state index in [1.165, 1.54) is 13.2 Å². The molecule has 0 aromatic heterocycles. The Hall–Kier alpha value is -2.84. The first kappa shape index (κ1) is 19.2. The number of nitrogens with zero attached hydrogens (tertiary/aromatic N) is 1. The average molecular weight is 340 g/mol. The summed E-state index contributed by atoms with van der Waals surface area (Å²) >= 11 is 0. The number of nitro groups is 1. The second kappa shape index (κ2) is 9.33. The molecule has 9 heteroatoms. The molecule has 1 aromatic carbocycles. The van der Waals surface area contributed by atoms with Crippen LogP contribution in [0.25, 0.3) is 0 Å². The maximum Gasteiger partial charge on any atom is 0.303 e. The third-order valence-electron chi connectivity index (χ3n) is 3.13. The summed E-state index contributed by atoms with van der Waals surface area (Å²) in [4.78, 5) is 33.1. The van der Waals surface area contributed by atoms with Crippen molar-refractivity contribution in [1.82, 2.24) is 5.32 Å². The molecule has 0 bridgehead atoms. The first-order valence-electron chi connectivity index (χ1n) is 7.39. The predicted molar refractivity (Wildman–Crippen MR) is 84.6 cm³/mol. The summed E-state index contributed by atoms with van der Waals surface area (Å²) in [5.74, 6) is -1.13. The summed E-state index contributed by atoms with van der Waals surface area (Å²) in [5, 5.41) is 22.3. The lowest BCUT2D eigenvalue weighted by atomic mass is 10.1. The number of methoxy groups -OCH3 is 1. The van der Waals surface area contributed by atoms with E-state index in [1.807, 2.05) is 0 Å². The Bertz CT molecular complexity index is 616. The minimum atomic E-state index is -0.909. The molecule has 1 rings (SSSR count). The van der Waals surface area contributed by atoms with Crippen LogP contribution in [-0.2, 0) is 4.79 Å². The molecular weight excluding hydrogens is 320 g/mol. The lowest BCUT2D eigenvalue weighted by molar-refractivity contribution is -0.385. The minimum Gasteiger partial charge on any atom is -0.493 e. The summed E-state index contributed by atoms with van der Waals surface area (Å²) in [6, 6.07) is 2.41. The monoisotopic (exact) mass is 340 g/mol. The normalized spacial score (nSPS) is 10.1. The Morgan fingerprint density at radius 3 is 2.54 bits per heavy atom. The molecule has 9 nitrogen and oxygen atoms in total. The number of hydrogen-bond donors (Lipinski definition) is 2. The van der Waals surface area contributed by atoms with Gasteiger partial charge >= 0.3 is 5.97 Å². The molecule has 0 aliphatic heterocycles. The van der Waals surface area contributed by atoms with Gasteiger partial charge < -0.3 is 19.9 Å². The van der Waals surface area contributed by atoms with Crippen LogP contribution in [0.5, 0.6) is 11.5 Å². The number of hydrogen-bond acceptors (Lipinski definition) is 6. The Morgan fingerprint density at radius 1 is 1.29 bits per heavy atom. The van der Waals surface area contributed by atoms with Crippen molar-refractivity contribution in [2.75, 3.05) is 20.3 Å². The van der Waals surface area contributed by atoms with Crippen LogP contribution >= 0.6 is 0 Å². The highest BCUT2D eigenvalue weighted by molar-refractivity contribution is 5.99. The zero-order chi connectivity index (χ0) is 18.1. The van der Waals surface area contributed by atoms with E-state index in [4.69, 9.17) is 14.6 Å². The number of carboxylic acid groups (broad SMARTS) is 1. The number of aliphatic carboxylic acids is 1. The SMILES string of the molecule is CCOc1cc([N+](=O)[O-])c(C(=O)NCCCCC(=O)O)cc1OC. The summed E-state index contributed by atoms with van der Waals surface area (Å²) in [7, 11) is 1.37. The maximum atomic E-state index is 12.2. The number of carboxylic acids is 1. The zero-order valence-corrected chi connectivity index (χ0v) is 13.5. The van der Waals surface area contributed by atoms with Crippen molar-refractivity contribution in [3.8, 4) is 11.5 Å². The number of unbranched alkanes of at least 4 members (excludes halogenated alkanes) is 1. The van der Waals surface area contributed by atoms with Gasteiger partial charge in [-0.1, -0.05) is 0 Å². The van der Waals surface area contributed by atoms with Gasteiger partial charge in [-0.3, -0.25) is 19.7 Å². The first-order chi connectivity index (χ1) is 11.4. The molecule has 24 heavy (non-hydrogen) atoms. The molecule has 2 N–H and O–H groups in total. The topological polar surface area (TPSA) is 128 Å². The zero-order valence-electron chi connectivity index (χ0n) is 13.5. The Balaban J connectivity index is 2.89. The number of ether oxygens (including phenoxy) is 2. The summed E-state index contributed by atoms with van der Waals surface area (Å²) in [6.45, 7) is 2.24. The minimum absolute atomic E-state index is 0.00684. The van der Waals surface area contributed by atoms with E-state index in [-0.39, 0.29) is 35.7 Å². The Kier molecular flexibility index (Phi) is 7.47. The van der Waals surface area contributed by atoms with Crippen molar-refractivity contribution in [3.05, 3.63) is 27.8 Å². The van der Waals surface area contributed by atoms with E-state index >= 15 is 0 Å². The van der Waals surface area contributed by atoms with Crippen molar-refractivity contribution >= 4 is 17.6 Å². The highest BCUT2D eigenvalue weighted by atomic mass is 16.6. The predicted octanol–water partition coefficient (Wildman–Crippen LogP) is 1.99. The van der Waals surface area contributed by atoms with Crippen molar-refractivity contribution in [2.24, 2.45) is 0 Å². The third-order valence-corrected chi connectivity index (χ3v) is 3.13. The van der Waals surface area contributed by atoms with Gasteiger partial charge in [0.2, 0.25) is 0 Å². The van der Waals surface area contributed by atoms with Crippen LogP contribution in [0.3, 0.4) is 0 Å². The third kappa shape index (κ3) is 5.41. The van der Waals surface area contributed by atoms with E-state index in [0.29, 0.717) is 19.4 Å². The molecule has 0 fully saturated rings. The van der Waals surface area contributed by atoms with Crippen LogP contribution < -0.4 is 14.8 Å². The largest absolute Gasteiger partial charge is 0.493 e. The van der Waals surface area contributed by atoms with Crippen molar-refractivity contribution in [1.29, 1.82) is 0 Å². The molecule has 0 aliphatic carbocycles. The van der Waals surface area contributed by atoms with Gasteiger partial charge in [-0.15, -0.1) is 0 Å². The molecule has 0 radical (unpaired) electrons. The van der Waals surface area contributed by atoms with Gasteiger partial charge in [0.1, 0.15) is 5.56 Å². The molecule has 0 unspecified atom stereocenters. The lowest BCUT2D eigenvalue weighted by Gasteiger charge is -2.12. The van der Waals surface area contributed by atoms with E-state index < -0.39 is 16.8 Å². The molecule has 0 saturated heterocycles. The number of nitro benzene ring substituents is 1. The van der Waals surface area contributed by atoms with Gasteiger partial charge in [0, 0.05) is 19.0 Å². The molecule has 0 atom stereocenters. The molecule has 0 saturated carbocycles. The van der Waals surface area contributed by atoms with Gasteiger partial charge in [-0.2, -0.15) is 0 Å². The fraction of sp³-hybridized carbons (Fsp3) is 0.467. The Labute approximate surface area is 138 Å². The van der Waals surface area contributed by atoms with Crippen LogP contribution in [0.15, 0.2) is 12.1 Å². The van der Waals surface area contributed by atoms with Gasteiger partial charge in [0.05, 0.1) is 24.7 Å². The number of carbonyl (C=O) groups excluding carboxylic acids is 1. The molecule has 0 heterocycles. The molecule has 132 valence electrons. The summed E-state index contributed by atoms with van der Waals surface area (Å²) < 4.78 is 10.4. The van der Waals surface area contributed by atoms with E-state index in [0.717, 1.165) is 6.07 Å². The van der Waals surface area contributed by atoms with Gasteiger partial charge in [0.25, 0.3) is 11.6 Å². The standard InChI is InChI=1S/C15H20N2O7/c1-3-24-13-9-11(17(21)22)10(8-12(13)23-2)15(20)16-7-5-4-6-14(18)19/h8-9H,3-7H2,1-2H3,(H,16,20)(H,18,19). The van der Waals surface area contributed by atoms with Gasteiger partial charge in [0.15, 0.2) is 11.5 Å². The molecular formula is C15H20N2O7. The van der Waals surface area contributed by atoms with Crippen molar-refractivity contribution < 1.29 is 29.1 Å². The summed E-state index contributed by atoms with van der Waals surface area (Å²) in [5.41, 5.74) is -0.527. The second-order valence-corrected chi connectivity index (χ2v) is 4.82. The molecule has 1 amide bonds. The highest BCUT2D eigenvalue weighted by Gasteiger charge is 2.24. The van der Waals surface area contributed by atoms with Gasteiger partial charge in [-0.25, -0.2) is 0 Å². The van der Waals surface area contributed by atoms with Crippen LogP contribution in [0.4, 0.5) is 5.69 Å². The number of benzene rings is 1. The fourth-order valence-electron chi connectivity index (χ4n) is 2.01. The number of amides is 1. The van der Waals surface area contributed by atoms with Crippen LogP contribution in [-0.4, -0.2) is 42.2 Å². The van der Waals surface area contributed by atoms with Crippen LogP contribution in [0.2, 0.25) is 0 Å². The lowest BCUT2D eigenvalue weighted by Crippen LogP contribution is -2.25. The van der Waals surface area contributed by atoms with Crippen molar-refractivity contribution in [2.45, 2.75) is 26.2 Å². The van der Waals surface area contributed by atoms with E-state index in [9.17, 15) is 19.7 Å². The first-order valence-corrected chi connectivity index (χ1v) is 7.39. The highest BCUT2D eigenvalue weighted by Crippen LogP contribution is 2.34. The fourth-order valence-corrected chi connectivity index (χ4v) is 2.01. The van der Waals surface area contributed by atoms with Crippen LogP contribution in [0, 0.1) is 10.1 Å². The average Bonchev–Trinajstić information content (AvgIpc) is 2.53. The number of carbonyl (C=O) groups is 2. The molecule has 0 spiro atoms. The second-order valence-electron chi connectivity index (χ2n) is 4.82. The van der Waals surface area contributed by atoms with E-state index in [2.05, 4.69) is 5.32 Å². The smallest absolute Gasteiger partial charge is 0.303 e. The molecule has 1 aromatic rings. The number of nitrogens with one attached hydrogen (secondary N) is 1. The van der Waals surface area contributed by atoms with E-state index in [1.54, 1.807) is 6.92 Å². The van der Waals surface area contributed by atoms with Gasteiger partial charge in [-0.05, 0) is 19.8 Å². The van der Waals surface area contributed by atoms with Crippen molar-refractivity contribution in [3.63, 3.8) is 0 Å². The number of rotatable bonds is 10. The Morgan fingerprint density at radius 2 is 2.00 bits per heavy atom. The molecule has 0 aliphatic rings. The quantitative estimate of drug-likeness (QED) is 0.378. The van der Waals surface area contributed by atoms with Crippen LogP contribution in [0.1, 0.15) is 36.5 Å². The maximum absolute atomic E-state index is 12.2.